The Hall–Kier alpha value is -1.56. The van der Waals surface area contributed by atoms with Gasteiger partial charge in [-0.05, 0) is 19.8 Å². The maximum atomic E-state index is 9.29. The highest BCUT2D eigenvalue weighted by Gasteiger charge is 2.27. The second-order valence-corrected chi connectivity index (χ2v) is 4.50. The normalized spacial score (nSPS) is 23.0. The van der Waals surface area contributed by atoms with Crippen LogP contribution in [0.15, 0.2) is 6.33 Å². The third-order valence-electron chi connectivity index (χ3n) is 3.34. The van der Waals surface area contributed by atoms with Gasteiger partial charge >= 0.3 is 0 Å². The van der Waals surface area contributed by atoms with Crippen LogP contribution in [0.1, 0.15) is 26.2 Å². The van der Waals surface area contributed by atoms with E-state index in [9.17, 15) is 5.11 Å². The second-order valence-electron chi connectivity index (χ2n) is 4.50. The number of nitrogen functional groups attached to an aromatic ring is 1. The van der Waals surface area contributed by atoms with Gasteiger partial charge in [0, 0.05) is 18.6 Å². The first-order valence-electron chi connectivity index (χ1n) is 6.37. The lowest BCUT2D eigenvalue weighted by atomic mass is 10.1. The number of hydrogen-bond acceptors (Lipinski definition) is 6. The van der Waals surface area contributed by atoms with Gasteiger partial charge in [-0.25, -0.2) is 4.98 Å². The molecule has 1 aliphatic carbocycles. The van der Waals surface area contributed by atoms with Gasteiger partial charge in [0.25, 0.3) is 0 Å². The molecule has 18 heavy (non-hydrogen) atoms. The van der Waals surface area contributed by atoms with Crippen molar-refractivity contribution in [2.75, 3.05) is 24.3 Å². The first kappa shape index (κ1) is 12.9. The highest BCUT2D eigenvalue weighted by molar-refractivity contribution is 5.66. The number of aromatic nitrogens is 2. The molecule has 1 aromatic heterocycles. The van der Waals surface area contributed by atoms with E-state index in [-0.39, 0.29) is 18.6 Å². The number of ether oxygens (including phenoxy) is 1. The molecule has 0 aromatic carbocycles. The third-order valence-corrected chi connectivity index (χ3v) is 3.34. The molecule has 1 heterocycles. The van der Waals surface area contributed by atoms with Gasteiger partial charge in [-0.3, -0.25) is 0 Å². The van der Waals surface area contributed by atoms with E-state index in [4.69, 9.17) is 10.5 Å². The minimum atomic E-state index is 0.195. The maximum absolute atomic E-state index is 9.29. The average Bonchev–Trinajstić information content (AvgIpc) is 2.82. The van der Waals surface area contributed by atoms with E-state index in [1.165, 1.54) is 6.33 Å². The molecular weight excluding hydrogens is 232 g/mol. The van der Waals surface area contributed by atoms with E-state index in [2.05, 4.69) is 15.3 Å². The predicted octanol–water partition coefficient (Wildman–Crippen LogP) is 1.03. The molecule has 6 nitrogen and oxygen atoms in total. The highest BCUT2D eigenvalue weighted by Crippen LogP contribution is 2.31. The minimum Gasteiger partial charge on any atom is -0.476 e. The van der Waals surface area contributed by atoms with Gasteiger partial charge in [-0.15, -0.1) is 0 Å². The monoisotopic (exact) mass is 252 g/mol. The van der Waals surface area contributed by atoms with Gasteiger partial charge in [0.15, 0.2) is 5.82 Å². The largest absolute Gasteiger partial charge is 0.476 e. The summed E-state index contributed by atoms with van der Waals surface area (Å²) in [5.41, 5.74) is 6.39. The Kier molecular flexibility index (Phi) is 4.19. The second kappa shape index (κ2) is 5.86. The molecule has 0 saturated heterocycles. The summed E-state index contributed by atoms with van der Waals surface area (Å²) < 4.78 is 5.33. The molecule has 0 spiro atoms. The molecule has 1 saturated carbocycles. The molecule has 2 rings (SSSR count). The topological polar surface area (TPSA) is 93.3 Å². The molecular formula is C12H20N4O2. The van der Waals surface area contributed by atoms with Gasteiger partial charge in [-0.2, -0.15) is 4.98 Å². The first-order valence-corrected chi connectivity index (χ1v) is 6.37. The molecule has 0 amide bonds. The SMILES string of the molecule is CCOc1ncnc(NC2CCCC2CO)c1N. The number of anilines is 2. The van der Waals surface area contributed by atoms with E-state index < -0.39 is 0 Å². The lowest BCUT2D eigenvalue weighted by Gasteiger charge is -2.20. The Morgan fingerprint density at radius 3 is 3.06 bits per heavy atom. The molecule has 1 fully saturated rings. The van der Waals surface area contributed by atoms with Crippen molar-refractivity contribution in [2.24, 2.45) is 5.92 Å². The number of nitrogens with two attached hydrogens (primary N) is 1. The minimum absolute atomic E-state index is 0.195. The quantitative estimate of drug-likeness (QED) is 0.724. The fraction of sp³-hybridized carbons (Fsp3) is 0.667. The summed E-state index contributed by atoms with van der Waals surface area (Å²) in [6.07, 6.45) is 4.62. The molecule has 1 aromatic rings. The lowest BCUT2D eigenvalue weighted by molar-refractivity contribution is 0.222. The van der Waals surface area contributed by atoms with Gasteiger partial charge in [0.1, 0.15) is 12.0 Å². The third kappa shape index (κ3) is 2.64. The smallest absolute Gasteiger partial charge is 0.242 e. The van der Waals surface area contributed by atoms with E-state index >= 15 is 0 Å². The first-order chi connectivity index (χ1) is 8.76. The number of aliphatic hydroxyl groups excluding tert-OH is 1. The van der Waals surface area contributed by atoms with Crippen molar-refractivity contribution in [3.05, 3.63) is 6.33 Å². The molecule has 0 radical (unpaired) electrons. The van der Waals surface area contributed by atoms with Crippen molar-refractivity contribution in [2.45, 2.75) is 32.2 Å². The van der Waals surface area contributed by atoms with Gasteiger partial charge in [0.2, 0.25) is 5.88 Å². The zero-order valence-corrected chi connectivity index (χ0v) is 10.6. The molecule has 1 aliphatic rings. The molecule has 100 valence electrons. The molecule has 6 heteroatoms. The van der Waals surface area contributed by atoms with Crippen LogP contribution in [0.4, 0.5) is 11.5 Å². The lowest BCUT2D eigenvalue weighted by Crippen LogP contribution is -2.27. The van der Waals surface area contributed by atoms with Crippen molar-refractivity contribution in [3.8, 4) is 5.88 Å². The van der Waals surface area contributed by atoms with Crippen molar-refractivity contribution >= 4 is 11.5 Å². The number of nitrogens with one attached hydrogen (secondary N) is 1. The van der Waals surface area contributed by atoms with Crippen LogP contribution in [0.2, 0.25) is 0 Å². The molecule has 2 unspecified atom stereocenters. The van der Waals surface area contributed by atoms with Crippen molar-refractivity contribution in [1.29, 1.82) is 0 Å². The number of nitrogens with zero attached hydrogens (tertiary/aromatic N) is 2. The molecule has 4 N–H and O–H groups in total. The molecule has 0 aliphatic heterocycles. The Bertz CT molecular complexity index is 400. The van der Waals surface area contributed by atoms with Crippen LogP contribution in [-0.4, -0.2) is 34.3 Å². The van der Waals surface area contributed by atoms with Crippen LogP contribution in [0, 0.1) is 5.92 Å². The summed E-state index contributed by atoms with van der Waals surface area (Å²) in [4.78, 5) is 8.14. The Labute approximate surface area is 107 Å². The zero-order valence-electron chi connectivity index (χ0n) is 10.6. The van der Waals surface area contributed by atoms with Crippen LogP contribution in [0.3, 0.4) is 0 Å². The predicted molar refractivity (Wildman–Crippen MR) is 69.5 cm³/mol. The van der Waals surface area contributed by atoms with Gasteiger partial charge in [0.05, 0.1) is 6.61 Å². The van der Waals surface area contributed by atoms with Crippen LogP contribution in [0.5, 0.6) is 5.88 Å². The van der Waals surface area contributed by atoms with E-state index in [0.29, 0.717) is 24.0 Å². The van der Waals surface area contributed by atoms with Crippen LogP contribution in [-0.2, 0) is 0 Å². The number of rotatable bonds is 5. The summed E-state index contributed by atoms with van der Waals surface area (Å²) in [7, 11) is 0. The van der Waals surface area contributed by atoms with Crippen molar-refractivity contribution < 1.29 is 9.84 Å². The summed E-state index contributed by atoms with van der Waals surface area (Å²) in [5, 5.41) is 12.6. The van der Waals surface area contributed by atoms with E-state index in [1.54, 1.807) is 0 Å². The van der Waals surface area contributed by atoms with E-state index in [1.807, 2.05) is 6.92 Å². The number of hydrogen-bond donors (Lipinski definition) is 3. The van der Waals surface area contributed by atoms with E-state index in [0.717, 1.165) is 19.3 Å². The number of aliphatic hydroxyl groups is 1. The fourth-order valence-electron chi connectivity index (χ4n) is 2.37. The summed E-state index contributed by atoms with van der Waals surface area (Å²) in [5.74, 6) is 1.28. The Morgan fingerprint density at radius 1 is 1.50 bits per heavy atom. The standard InChI is InChI=1S/C12H20N4O2/c1-2-18-12-10(13)11(14-7-15-12)16-9-5-3-4-8(9)6-17/h7-9,17H,2-6,13H2,1H3,(H,14,15,16). The van der Waals surface area contributed by atoms with Gasteiger partial charge < -0.3 is 20.9 Å². The Balaban J connectivity index is 2.11. The highest BCUT2D eigenvalue weighted by atomic mass is 16.5. The summed E-state index contributed by atoms with van der Waals surface area (Å²) >= 11 is 0. The Morgan fingerprint density at radius 2 is 2.33 bits per heavy atom. The summed E-state index contributed by atoms with van der Waals surface area (Å²) in [6.45, 7) is 2.59. The average molecular weight is 252 g/mol. The van der Waals surface area contributed by atoms with Crippen molar-refractivity contribution in [1.82, 2.24) is 9.97 Å². The zero-order chi connectivity index (χ0) is 13.0. The molecule has 2 atom stereocenters. The van der Waals surface area contributed by atoms with Crippen LogP contribution < -0.4 is 15.8 Å². The van der Waals surface area contributed by atoms with Crippen molar-refractivity contribution in [3.63, 3.8) is 0 Å². The maximum Gasteiger partial charge on any atom is 0.242 e. The fourth-order valence-corrected chi connectivity index (χ4v) is 2.37. The van der Waals surface area contributed by atoms with Gasteiger partial charge in [-0.1, -0.05) is 6.42 Å². The van der Waals surface area contributed by atoms with Crippen LogP contribution in [0.25, 0.3) is 0 Å². The molecule has 0 bridgehead atoms. The summed E-state index contributed by atoms with van der Waals surface area (Å²) in [6, 6.07) is 0.224. The van der Waals surface area contributed by atoms with Crippen LogP contribution >= 0.6 is 0 Å².